The van der Waals surface area contributed by atoms with Crippen LogP contribution in [-0.4, -0.2) is 14.5 Å². The van der Waals surface area contributed by atoms with Crippen molar-refractivity contribution in [1.82, 2.24) is 14.5 Å². The van der Waals surface area contributed by atoms with Crippen LogP contribution in [-0.2, 0) is 7.05 Å². The van der Waals surface area contributed by atoms with Crippen LogP contribution in [0.5, 0.6) is 0 Å². The van der Waals surface area contributed by atoms with E-state index in [1.807, 2.05) is 11.6 Å². The highest BCUT2D eigenvalue weighted by atomic mass is 35.5. The molecular formula is C10H12ClN3. The van der Waals surface area contributed by atoms with Crippen LogP contribution in [0.15, 0.2) is 12.3 Å². The smallest absolute Gasteiger partial charge is 0.161 e. The Morgan fingerprint density at radius 3 is 2.71 bits per heavy atom. The van der Waals surface area contributed by atoms with E-state index in [2.05, 4.69) is 23.8 Å². The summed E-state index contributed by atoms with van der Waals surface area (Å²) in [6.45, 7) is 4.21. The average molecular weight is 210 g/mol. The molecular weight excluding hydrogens is 198 g/mol. The van der Waals surface area contributed by atoms with Crippen molar-refractivity contribution in [3.05, 3.63) is 23.1 Å². The minimum absolute atomic E-state index is 0.380. The Kier molecular flexibility index (Phi) is 2.19. The predicted molar refractivity (Wildman–Crippen MR) is 57.6 cm³/mol. The van der Waals surface area contributed by atoms with Crippen molar-refractivity contribution in [2.45, 2.75) is 19.8 Å². The molecule has 4 heteroatoms. The van der Waals surface area contributed by atoms with Gasteiger partial charge in [-0.15, -0.1) is 0 Å². The fourth-order valence-corrected chi connectivity index (χ4v) is 1.77. The Bertz CT molecular complexity index is 473. The Hall–Kier alpha value is -1.09. The number of fused-ring (bicyclic) bond motifs is 1. The molecule has 0 amide bonds. The minimum Gasteiger partial charge on any atom is -0.316 e. The van der Waals surface area contributed by atoms with Gasteiger partial charge >= 0.3 is 0 Å². The summed E-state index contributed by atoms with van der Waals surface area (Å²) in [7, 11) is 1.97. The third-order valence-corrected chi connectivity index (χ3v) is 2.56. The normalized spacial score (nSPS) is 11.5. The molecule has 0 radical (unpaired) electrons. The van der Waals surface area contributed by atoms with Gasteiger partial charge in [-0.3, -0.25) is 0 Å². The van der Waals surface area contributed by atoms with Crippen molar-refractivity contribution < 1.29 is 0 Å². The first-order valence-corrected chi connectivity index (χ1v) is 4.96. The number of imidazole rings is 1. The van der Waals surface area contributed by atoms with Crippen molar-refractivity contribution in [3.8, 4) is 0 Å². The van der Waals surface area contributed by atoms with Gasteiger partial charge in [-0.1, -0.05) is 25.4 Å². The Morgan fingerprint density at radius 2 is 2.14 bits per heavy atom. The van der Waals surface area contributed by atoms with Gasteiger partial charge in [0.25, 0.3) is 0 Å². The number of pyridine rings is 1. The highest BCUT2D eigenvalue weighted by Gasteiger charge is 2.13. The lowest BCUT2D eigenvalue weighted by Gasteiger charge is -2.03. The summed E-state index contributed by atoms with van der Waals surface area (Å²) < 4.78 is 1.99. The number of rotatable bonds is 1. The molecule has 0 saturated carbocycles. The van der Waals surface area contributed by atoms with Crippen LogP contribution in [0.2, 0.25) is 5.02 Å². The highest BCUT2D eigenvalue weighted by molar-refractivity contribution is 6.34. The molecule has 2 rings (SSSR count). The first-order chi connectivity index (χ1) is 6.61. The third kappa shape index (κ3) is 1.28. The lowest BCUT2D eigenvalue weighted by molar-refractivity contribution is 0.719. The van der Waals surface area contributed by atoms with Crippen molar-refractivity contribution in [2.24, 2.45) is 7.05 Å². The molecule has 14 heavy (non-hydrogen) atoms. The zero-order valence-corrected chi connectivity index (χ0v) is 9.21. The van der Waals surface area contributed by atoms with Gasteiger partial charge < -0.3 is 4.57 Å². The van der Waals surface area contributed by atoms with E-state index in [0.29, 0.717) is 10.9 Å². The van der Waals surface area contributed by atoms with Gasteiger partial charge in [0.2, 0.25) is 0 Å². The number of aryl methyl sites for hydroxylation is 1. The van der Waals surface area contributed by atoms with Crippen LogP contribution in [0.4, 0.5) is 0 Å². The average Bonchev–Trinajstić information content (AvgIpc) is 2.46. The quantitative estimate of drug-likeness (QED) is 0.723. The molecule has 0 aliphatic rings. The van der Waals surface area contributed by atoms with Gasteiger partial charge in [0, 0.05) is 19.2 Å². The van der Waals surface area contributed by atoms with E-state index < -0.39 is 0 Å². The third-order valence-electron chi connectivity index (χ3n) is 2.26. The molecule has 0 N–H and O–H groups in total. The molecule has 0 fully saturated rings. The topological polar surface area (TPSA) is 30.7 Å². The van der Waals surface area contributed by atoms with Crippen LogP contribution < -0.4 is 0 Å². The van der Waals surface area contributed by atoms with Crippen LogP contribution in [0.3, 0.4) is 0 Å². The van der Waals surface area contributed by atoms with E-state index >= 15 is 0 Å². The molecule has 74 valence electrons. The lowest BCUT2D eigenvalue weighted by atomic mass is 10.2. The summed E-state index contributed by atoms with van der Waals surface area (Å²) in [5.74, 6) is 1.39. The van der Waals surface area contributed by atoms with E-state index in [9.17, 15) is 0 Å². The summed E-state index contributed by atoms with van der Waals surface area (Å²) in [4.78, 5) is 8.74. The maximum atomic E-state index is 6.03. The van der Waals surface area contributed by atoms with E-state index in [0.717, 1.165) is 17.0 Å². The minimum atomic E-state index is 0.380. The van der Waals surface area contributed by atoms with Gasteiger partial charge in [-0.2, -0.15) is 0 Å². The van der Waals surface area contributed by atoms with Crippen LogP contribution in [0, 0.1) is 0 Å². The number of hydrogen-bond donors (Lipinski definition) is 0. The lowest BCUT2D eigenvalue weighted by Crippen LogP contribution is -1.99. The first-order valence-electron chi connectivity index (χ1n) is 4.58. The summed E-state index contributed by atoms with van der Waals surface area (Å²) >= 11 is 6.03. The van der Waals surface area contributed by atoms with Gasteiger partial charge in [0.1, 0.15) is 11.3 Å². The molecule has 3 nitrogen and oxygen atoms in total. The second kappa shape index (κ2) is 3.24. The van der Waals surface area contributed by atoms with Crippen LogP contribution >= 0.6 is 11.6 Å². The first kappa shape index (κ1) is 9.46. The zero-order valence-electron chi connectivity index (χ0n) is 8.45. The zero-order chi connectivity index (χ0) is 10.3. The largest absolute Gasteiger partial charge is 0.316 e. The number of nitrogens with zero attached hydrogens (tertiary/aromatic N) is 3. The summed E-state index contributed by atoms with van der Waals surface area (Å²) in [5, 5.41) is 0.664. The van der Waals surface area contributed by atoms with E-state index in [1.165, 1.54) is 0 Å². The van der Waals surface area contributed by atoms with Gasteiger partial charge in [-0.25, -0.2) is 9.97 Å². The van der Waals surface area contributed by atoms with E-state index in [1.54, 1.807) is 12.3 Å². The fraction of sp³-hybridized carbons (Fsp3) is 0.400. The van der Waals surface area contributed by atoms with E-state index in [-0.39, 0.29) is 0 Å². The molecule has 0 spiro atoms. The molecule has 0 aliphatic carbocycles. The number of hydrogen-bond acceptors (Lipinski definition) is 2. The maximum Gasteiger partial charge on any atom is 0.161 e. The van der Waals surface area contributed by atoms with Crippen molar-refractivity contribution >= 4 is 22.8 Å². The van der Waals surface area contributed by atoms with Crippen molar-refractivity contribution in [3.63, 3.8) is 0 Å². The molecule has 0 bridgehead atoms. The van der Waals surface area contributed by atoms with Gasteiger partial charge in [-0.05, 0) is 6.07 Å². The number of halogens is 1. The monoisotopic (exact) mass is 209 g/mol. The summed E-state index contributed by atoms with van der Waals surface area (Å²) in [6.07, 6.45) is 1.70. The fourth-order valence-electron chi connectivity index (χ4n) is 1.58. The molecule has 2 aromatic rings. The second-order valence-corrected chi connectivity index (χ2v) is 4.06. The Balaban J connectivity index is 2.80. The molecule has 2 aromatic heterocycles. The summed E-state index contributed by atoms with van der Waals surface area (Å²) in [5.41, 5.74) is 1.64. The molecule has 0 aliphatic heterocycles. The molecule has 0 atom stereocenters. The molecule has 0 aromatic carbocycles. The maximum absolute atomic E-state index is 6.03. The van der Waals surface area contributed by atoms with Crippen LogP contribution in [0.25, 0.3) is 11.2 Å². The second-order valence-electron chi connectivity index (χ2n) is 3.65. The molecule has 0 saturated heterocycles. The van der Waals surface area contributed by atoms with Crippen LogP contribution in [0.1, 0.15) is 25.6 Å². The Labute approximate surface area is 87.7 Å². The van der Waals surface area contributed by atoms with Gasteiger partial charge in [0.05, 0.1) is 5.02 Å². The highest BCUT2D eigenvalue weighted by Crippen LogP contribution is 2.24. The van der Waals surface area contributed by atoms with Crippen molar-refractivity contribution in [1.29, 1.82) is 0 Å². The van der Waals surface area contributed by atoms with Gasteiger partial charge in [0.15, 0.2) is 5.65 Å². The number of aromatic nitrogens is 3. The Morgan fingerprint density at radius 1 is 1.43 bits per heavy atom. The van der Waals surface area contributed by atoms with Crippen molar-refractivity contribution in [2.75, 3.05) is 0 Å². The molecule has 2 heterocycles. The van der Waals surface area contributed by atoms with E-state index in [4.69, 9.17) is 11.6 Å². The molecule has 0 unspecified atom stereocenters. The predicted octanol–water partition coefficient (Wildman–Crippen LogP) is 2.75. The standard InChI is InChI=1S/C10H12ClN3/c1-6(2)9-13-8-7(11)4-5-12-10(8)14(9)3/h4-6H,1-3H3. The SMILES string of the molecule is CC(C)c1nc2c(Cl)ccnc2n1C. The summed E-state index contributed by atoms with van der Waals surface area (Å²) in [6, 6.07) is 1.76.